The summed E-state index contributed by atoms with van der Waals surface area (Å²) in [6.45, 7) is 0.657. The lowest BCUT2D eigenvalue weighted by Crippen LogP contribution is -2.23. The molecule has 0 saturated carbocycles. The first-order chi connectivity index (χ1) is 12.7. The summed E-state index contributed by atoms with van der Waals surface area (Å²) in [6.07, 6.45) is 5.33. The highest BCUT2D eigenvalue weighted by atomic mass is 127. The molecule has 0 heterocycles. The van der Waals surface area contributed by atoms with Crippen LogP contribution in [0, 0.1) is 0 Å². The summed E-state index contributed by atoms with van der Waals surface area (Å²) >= 11 is 0. The minimum atomic E-state index is 0. The highest BCUT2D eigenvalue weighted by molar-refractivity contribution is 14.0. The van der Waals surface area contributed by atoms with Crippen LogP contribution in [0.4, 0.5) is 5.69 Å². The molecule has 146 valence electrons. The molecule has 6 heteroatoms. The minimum absolute atomic E-state index is 0. The summed E-state index contributed by atoms with van der Waals surface area (Å²) in [5, 5.41) is 3.19. The number of hydrogen-bond acceptors (Lipinski definition) is 3. The van der Waals surface area contributed by atoms with E-state index in [1.807, 2.05) is 18.2 Å². The monoisotopic (exact) mass is 481 g/mol. The van der Waals surface area contributed by atoms with E-state index in [-0.39, 0.29) is 24.0 Å². The van der Waals surface area contributed by atoms with E-state index < -0.39 is 0 Å². The van der Waals surface area contributed by atoms with Crippen LogP contribution in [0.1, 0.15) is 29.5 Å². The Morgan fingerprint density at radius 2 is 1.89 bits per heavy atom. The predicted octanol–water partition coefficient (Wildman–Crippen LogP) is 4.17. The third kappa shape index (κ3) is 5.76. The third-order valence-electron chi connectivity index (χ3n) is 4.74. The number of nitrogens with zero attached hydrogens (tertiary/aromatic N) is 1. The highest BCUT2D eigenvalue weighted by Crippen LogP contribution is 2.26. The van der Waals surface area contributed by atoms with Gasteiger partial charge >= 0.3 is 0 Å². The summed E-state index contributed by atoms with van der Waals surface area (Å²) in [5.41, 5.74) is 11.0. The molecule has 0 saturated heterocycles. The van der Waals surface area contributed by atoms with Crippen LogP contribution < -0.4 is 20.5 Å². The fraction of sp³-hybridized carbons (Fsp3) is 0.381. The molecule has 2 aromatic rings. The van der Waals surface area contributed by atoms with Gasteiger partial charge in [-0.1, -0.05) is 6.07 Å². The Morgan fingerprint density at radius 1 is 1.07 bits per heavy atom. The number of guanidine groups is 1. The second kappa shape index (κ2) is 10.4. The van der Waals surface area contributed by atoms with Gasteiger partial charge in [0.25, 0.3) is 0 Å². The van der Waals surface area contributed by atoms with Gasteiger partial charge in [0.2, 0.25) is 0 Å². The van der Waals surface area contributed by atoms with Crippen molar-refractivity contribution in [3.63, 3.8) is 0 Å². The molecule has 2 aromatic carbocycles. The van der Waals surface area contributed by atoms with Crippen LogP contribution in [0.3, 0.4) is 0 Å². The number of nitrogens with one attached hydrogen (secondary N) is 1. The Bertz CT molecular complexity index is 793. The zero-order chi connectivity index (χ0) is 18.4. The Hall–Kier alpha value is -1.96. The molecule has 0 amide bonds. The van der Waals surface area contributed by atoms with Crippen molar-refractivity contribution in [1.82, 2.24) is 0 Å². The normalized spacial score (nSPS) is 12.9. The maximum Gasteiger partial charge on any atom is 0.193 e. The van der Waals surface area contributed by atoms with E-state index in [0.717, 1.165) is 42.0 Å². The van der Waals surface area contributed by atoms with Crippen molar-refractivity contribution in [3.8, 4) is 11.5 Å². The lowest BCUT2D eigenvalue weighted by atomic mass is 10.1. The summed E-state index contributed by atoms with van der Waals surface area (Å²) in [7, 11) is 3.35. The Balaban J connectivity index is 0.00000261. The first kappa shape index (κ1) is 21.3. The number of benzene rings is 2. The first-order valence-corrected chi connectivity index (χ1v) is 9.09. The summed E-state index contributed by atoms with van der Waals surface area (Å²) < 4.78 is 10.7. The molecule has 0 aliphatic heterocycles. The molecule has 0 spiro atoms. The van der Waals surface area contributed by atoms with Gasteiger partial charge in [-0.05, 0) is 79.1 Å². The van der Waals surface area contributed by atoms with E-state index in [9.17, 15) is 0 Å². The third-order valence-corrected chi connectivity index (χ3v) is 4.74. The van der Waals surface area contributed by atoms with Crippen LogP contribution in [-0.2, 0) is 19.3 Å². The van der Waals surface area contributed by atoms with Crippen molar-refractivity contribution in [1.29, 1.82) is 0 Å². The van der Waals surface area contributed by atoms with Gasteiger partial charge in [0.1, 0.15) is 11.5 Å². The second-order valence-corrected chi connectivity index (χ2v) is 6.51. The quantitative estimate of drug-likeness (QED) is 0.270. The summed E-state index contributed by atoms with van der Waals surface area (Å²) in [5.74, 6) is 2.17. The number of aliphatic imine (C=N–C) groups is 1. The van der Waals surface area contributed by atoms with Gasteiger partial charge in [-0.25, -0.2) is 0 Å². The standard InChI is InChI=1S/C21H27N3O2.HI/c1-25-19-10-11-20(26-2)17(14-19)7-4-12-23-21(22)24-18-9-8-15-5-3-6-16(15)13-18;/h8-11,13-14H,3-7,12H2,1-2H3,(H3,22,23,24);1H. The topological polar surface area (TPSA) is 68.9 Å². The molecule has 0 atom stereocenters. The molecule has 3 N–H and O–H groups in total. The van der Waals surface area contributed by atoms with E-state index >= 15 is 0 Å². The van der Waals surface area contributed by atoms with Crippen molar-refractivity contribution in [2.75, 3.05) is 26.1 Å². The molecule has 0 fully saturated rings. The predicted molar refractivity (Wildman–Crippen MR) is 122 cm³/mol. The number of ether oxygens (including phenoxy) is 2. The molecular formula is C21H28IN3O2. The van der Waals surface area contributed by atoms with Crippen molar-refractivity contribution < 1.29 is 9.47 Å². The van der Waals surface area contributed by atoms with Crippen molar-refractivity contribution in [2.45, 2.75) is 32.1 Å². The van der Waals surface area contributed by atoms with Gasteiger partial charge in [0.15, 0.2) is 5.96 Å². The Morgan fingerprint density at radius 3 is 2.67 bits per heavy atom. The van der Waals surface area contributed by atoms with Crippen molar-refractivity contribution in [3.05, 3.63) is 53.1 Å². The van der Waals surface area contributed by atoms with Crippen LogP contribution >= 0.6 is 24.0 Å². The second-order valence-electron chi connectivity index (χ2n) is 6.51. The fourth-order valence-corrected chi connectivity index (χ4v) is 3.38. The van der Waals surface area contributed by atoms with Gasteiger partial charge in [-0.3, -0.25) is 4.99 Å². The zero-order valence-corrected chi connectivity index (χ0v) is 18.3. The van der Waals surface area contributed by atoms with E-state index in [1.54, 1.807) is 14.2 Å². The summed E-state index contributed by atoms with van der Waals surface area (Å²) in [6, 6.07) is 12.3. The average molecular weight is 481 g/mol. The molecule has 1 aliphatic carbocycles. The molecule has 1 aliphatic rings. The molecule has 0 radical (unpaired) electrons. The smallest absolute Gasteiger partial charge is 0.193 e. The van der Waals surface area contributed by atoms with Gasteiger partial charge in [0, 0.05) is 12.2 Å². The van der Waals surface area contributed by atoms with Crippen LogP contribution in [0.2, 0.25) is 0 Å². The van der Waals surface area contributed by atoms with Crippen molar-refractivity contribution in [2.24, 2.45) is 10.7 Å². The number of hydrogen-bond donors (Lipinski definition) is 2. The minimum Gasteiger partial charge on any atom is -0.497 e. The van der Waals surface area contributed by atoms with Crippen LogP contribution in [0.15, 0.2) is 41.4 Å². The van der Waals surface area contributed by atoms with Gasteiger partial charge in [-0.15, -0.1) is 24.0 Å². The Labute approximate surface area is 178 Å². The maximum atomic E-state index is 6.03. The Kier molecular flexibility index (Phi) is 8.22. The molecule has 0 aromatic heterocycles. The fourth-order valence-electron chi connectivity index (χ4n) is 3.38. The van der Waals surface area contributed by atoms with E-state index in [0.29, 0.717) is 12.5 Å². The van der Waals surface area contributed by atoms with Gasteiger partial charge in [0.05, 0.1) is 14.2 Å². The first-order valence-electron chi connectivity index (χ1n) is 9.09. The van der Waals surface area contributed by atoms with E-state index in [2.05, 4.69) is 28.5 Å². The number of nitrogens with two attached hydrogens (primary N) is 1. The highest BCUT2D eigenvalue weighted by Gasteiger charge is 2.11. The molecule has 3 rings (SSSR count). The lowest BCUT2D eigenvalue weighted by molar-refractivity contribution is 0.398. The van der Waals surface area contributed by atoms with Gasteiger partial charge < -0.3 is 20.5 Å². The molecule has 0 unspecified atom stereocenters. The van der Waals surface area contributed by atoms with Crippen molar-refractivity contribution >= 4 is 35.6 Å². The molecule has 5 nitrogen and oxygen atoms in total. The number of fused-ring (bicyclic) bond motifs is 1. The number of halogens is 1. The lowest BCUT2D eigenvalue weighted by Gasteiger charge is -2.10. The number of aryl methyl sites for hydroxylation is 3. The number of rotatable bonds is 7. The molecule has 0 bridgehead atoms. The van der Waals surface area contributed by atoms with Gasteiger partial charge in [-0.2, -0.15) is 0 Å². The summed E-state index contributed by atoms with van der Waals surface area (Å²) in [4.78, 5) is 4.44. The van der Waals surface area contributed by atoms with Crippen LogP contribution in [0.25, 0.3) is 0 Å². The van der Waals surface area contributed by atoms with Crippen LogP contribution in [-0.4, -0.2) is 26.7 Å². The molecule has 27 heavy (non-hydrogen) atoms. The van der Waals surface area contributed by atoms with E-state index in [1.165, 1.54) is 24.0 Å². The molecular weight excluding hydrogens is 453 g/mol. The number of methoxy groups -OCH3 is 2. The zero-order valence-electron chi connectivity index (χ0n) is 16.0. The number of anilines is 1. The maximum absolute atomic E-state index is 6.03. The SMILES string of the molecule is COc1ccc(OC)c(CCCN=C(N)Nc2ccc3c(c2)CCC3)c1.I. The largest absolute Gasteiger partial charge is 0.497 e. The van der Waals surface area contributed by atoms with Crippen LogP contribution in [0.5, 0.6) is 11.5 Å². The average Bonchev–Trinajstić information content (AvgIpc) is 3.12. The van der Waals surface area contributed by atoms with E-state index in [4.69, 9.17) is 15.2 Å².